The van der Waals surface area contributed by atoms with Gasteiger partial charge in [0.15, 0.2) is 5.78 Å². The van der Waals surface area contributed by atoms with Crippen LogP contribution in [0, 0.1) is 23.2 Å². The van der Waals surface area contributed by atoms with Gasteiger partial charge in [-0.2, -0.15) is 5.26 Å². The van der Waals surface area contributed by atoms with Crippen molar-refractivity contribution in [3.8, 4) is 17.3 Å². The molecule has 3 heterocycles. The molecule has 1 fully saturated rings. The van der Waals surface area contributed by atoms with Crippen molar-refractivity contribution in [1.29, 1.82) is 5.26 Å². The maximum absolute atomic E-state index is 12.7. The molecule has 0 aliphatic carbocycles. The van der Waals surface area contributed by atoms with E-state index in [0.29, 0.717) is 36.6 Å². The predicted molar refractivity (Wildman–Crippen MR) is 190 cm³/mol. The third-order valence-corrected chi connectivity index (χ3v) is 9.54. The zero-order chi connectivity index (χ0) is 34.7. The molecule has 2 atom stereocenters. The normalized spacial score (nSPS) is 14.2. The number of nitrogens with two attached hydrogens (primary N) is 1. The van der Waals surface area contributed by atoms with E-state index in [2.05, 4.69) is 43.2 Å². The molecule has 250 valence electrons. The molecule has 3 aromatic rings. The molecule has 2 N–H and O–H groups in total. The first kappa shape index (κ1) is 37.6. The molecule has 9 nitrogen and oxygen atoms in total. The number of hydrogen-bond donors (Lipinski definition) is 1. The largest absolute Gasteiger partial charge is 0.383 e. The summed E-state index contributed by atoms with van der Waals surface area (Å²) >= 11 is 0. The van der Waals surface area contributed by atoms with Gasteiger partial charge in [0.25, 0.3) is 0 Å². The second-order valence-corrected chi connectivity index (χ2v) is 13.2. The molecule has 4 rings (SSSR count). The lowest BCUT2D eigenvalue weighted by Crippen LogP contribution is -2.33. The van der Waals surface area contributed by atoms with Crippen LogP contribution in [0.3, 0.4) is 0 Å². The van der Waals surface area contributed by atoms with E-state index in [1.54, 1.807) is 19.3 Å². The van der Waals surface area contributed by atoms with Gasteiger partial charge < -0.3 is 5.73 Å². The molecule has 0 spiro atoms. The molecule has 1 aliphatic rings. The summed E-state index contributed by atoms with van der Waals surface area (Å²) < 4.78 is 0. The van der Waals surface area contributed by atoms with Gasteiger partial charge in [0.05, 0.1) is 11.3 Å². The minimum absolute atomic E-state index is 0.0414. The Bertz CT molecular complexity index is 1590. The van der Waals surface area contributed by atoms with Crippen LogP contribution in [0.1, 0.15) is 112 Å². The topological polar surface area (TPSA) is 143 Å². The number of aromatic nitrogens is 3. The van der Waals surface area contributed by atoms with Gasteiger partial charge in [0.1, 0.15) is 29.3 Å². The van der Waals surface area contributed by atoms with E-state index in [4.69, 9.17) is 16.0 Å². The number of rotatable bonds is 12. The molecule has 0 radical (unpaired) electrons. The lowest BCUT2D eigenvalue weighted by Gasteiger charge is -2.31. The fraction of sp³-hybridized carbons (Fsp3) is 0.486. The van der Waals surface area contributed by atoms with Crippen LogP contribution in [0.4, 0.5) is 5.82 Å². The second kappa shape index (κ2) is 17.9. The van der Waals surface area contributed by atoms with Gasteiger partial charge in [-0.1, -0.05) is 52.8 Å². The molecule has 47 heavy (non-hydrogen) atoms. The van der Waals surface area contributed by atoms with E-state index in [0.717, 1.165) is 78.0 Å². The first-order chi connectivity index (χ1) is 22.4. The van der Waals surface area contributed by atoms with Crippen molar-refractivity contribution in [2.75, 3.05) is 18.8 Å². The lowest BCUT2D eigenvalue weighted by atomic mass is 9.92. The van der Waals surface area contributed by atoms with Crippen molar-refractivity contribution in [1.82, 2.24) is 19.9 Å². The van der Waals surface area contributed by atoms with Gasteiger partial charge in [0, 0.05) is 66.2 Å². The van der Waals surface area contributed by atoms with Gasteiger partial charge in [-0.3, -0.25) is 19.3 Å². The molecular formula is C37H49N6O3P. The number of piperidine rings is 1. The maximum Gasteiger partial charge on any atom is 0.165 e. The van der Waals surface area contributed by atoms with Crippen molar-refractivity contribution in [3.05, 3.63) is 64.7 Å². The zero-order valence-electron chi connectivity index (χ0n) is 28.7. The third-order valence-electron chi connectivity index (χ3n) is 8.88. The van der Waals surface area contributed by atoms with Gasteiger partial charge in [-0.05, 0) is 62.6 Å². The second-order valence-electron chi connectivity index (χ2n) is 12.6. The van der Waals surface area contributed by atoms with Crippen LogP contribution in [-0.4, -0.2) is 50.3 Å². The molecule has 0 saturated carbocycles. The summed E-state index contributed by atoms with van der Waals surface area (Å²) in [6.45, 7) is 13.8. The Kier molecular flexibility index (Phi) is 14.3. The number of Topliss-reactive ketones (excluding diaryl/α,β-unsaturated/α-hetero) is 3. The monoisotopic (exact) mass is 656 g/mol. The summed E-state index contributed by atoms with van der Waals surface area (Å²) in [4.78, 5) is 50.1. The van der Waals surface area contributed by atoms with Gasteiger partial charge >= 0.3 is 0 Å². The molecule has 2 unspecified atom stereocenters. The minimum atomic E-state index is -0.0414. The number of nitrogens with zero attached hydrogens (tertiary/aromatic N) is 5. The molecular weight excluding hydrogens is 607 g/mol. The molecule has 1 saturated heterocycles. The smallest absolute Gasteiger partial charge is 0.165 e. The highest BCUT2D eigenvalue weighted by Gasteiger charge is 2.24. The van der Waals surface area contributed by atoms with Crippen LogP contribution >= 0.6 is 9.24 Å². The van der Waals surface area contributed by atoms with Crippen LogP contribution in [0.2, 0.25) is 0 Å². The number of benzene rings is 1. The molecule has 0 bridgehead atoms. The van der Waals surface area contributed by atoms with Crippen molar-refractivity contribution >= 4 is 37.7 Å². The van der Waals surface area contributed by atoms with Gasteiger partial charge in [-0.15, -0.1) is 9.24 Å². The van der Waals surface area contributed by atoms with Crippen LogP contribution < -0.4 is 11.0 Å². The Morgan fingerprint density at radius 2 is 1.72 bits per heavy atom. The number of pyridine rings is 1. The van der Waals surface area contributed by atoms with Crippen molar-refractivity contribution < 1.29 is 14.4 Å². The summed E-state index contributed by atoms with van der Waals surface area (Å²) in [5, 5.41) is 9.95. The maximum atomic E-state index is 12.7. The van der Waals surface area contributed by atoms with Crippen molar-refractivity contribution in [2.24, 2.45) is 11.8 Å². The summed E-state index contributed by atoms with van der Waals surface area (Å²) in [6.07, 6.45) is 7.76. The zero-order valence-corrected chi connectivity index (χ0v) is 29.8. The summed E-state index contributed by atoms with van der Waals surface area (Å²) in [5.41, 5.74) is 11.6. The quantitative estimate of drug-likeness (QED) is 0.177. The first-order valence-corrected chi connectivity index (χ1v) is 17.2. The minimum Gasteiger partial charge on any atom is -0.383 e. The molecule has 2 aromatic heterocycles. The fourth-order valence-corrected chi connectivity index (χ4v) is 6.16. The molecule has 1 aromatic carbocycles. The number of carbonyl (C=O) groups excluding carboxylic acids is 3. The summed E-state index contributed by atoms with van der Waals surface area (Å²) in [7, 11) is 2.81. The van der Waals surface area contributed by atoms with Gasteiger partial charge in [0.2, 0.25) is 0 Å². The predicted octanol–water partition coefficient (Wildman–Crippen LogP) is 6.24. The Balaban J connectivity index is 0.000000468. The number of nitriles is 1. The lowest BCUT2D eigenvalue weighted by molar-refractivity contribution is -0.121. The third kappa shape index (κ3) is 10.3. The van der Waals surface area contributed by atoms with E-state index in [-0.39, 0.29) is 29.2 Å². The number of nitrogen functional groups attached to an aromatic ring is 1. The molecule has 10 heteroatoms. The Morgan fingerprint density at radius 1 is 1.06 bits per heavy atom. The first-order valence-electron chi connectivity index (χ1n) is 16.6. The van der Waals surface area contributed by atoms with E-state index in [9.17, 15) is 14.4 Å². The number of hydrogen-bond acceptors (Lipinski definition) is 9. The average Bonchev–Trinajstić information content (AvgIpc) is 3.08. The highest BCUT2D eigenvalue weighted by molar-refractivity contribution is 7.28. The average molecular weight is 657 g/mol. The molecule has 0 amide bonds. The Labute approximate surface area is 282 Å². The fourth-order valence-electron chi connectivity index (χ4n) is 5.55. The van der Waals surface area contributed by atoms with Crippen LogP contribution in [0.25, 0.3) is 11.3 Å². The van der Waals surface area contributed by atoms with E-state index in [1.165, 1.54) is 0 Å². The standard InChI is InChI=1S/C28H33N6OP.C9H16O2/c1-4-21-22(25(35)17(2)3)6-7-23(26(21)36)24-8-5-20(27(30)33-24)16-34-11-9-19(10-12-34)28-31-14-18(13-29)15-32-28;1-4-9(11)6-5-7(2)8(3)10/h5-8,14-15,17,19H,4,9-12,16,36H2,1-3H3,(H2,30,33);7H,4-6H2,1-3H3. The van der Waals surface area contributed by atoms with Crippen LogP contribution in [-0.2, 0) is 22.6 Å². The van der Waals surface area contributed by atoms with Crippen LogP contribution in [0.15, 0.2) is 36.7 Å². The van der Waals surface area contributed by atoms with Crippen LogP contribution in [0.5, 0.6) is 0 Å². The Hall–Kier alpha value is -3.86. The van der Waals surface area contributed by atoms with E-state index >= 15 is 0 Å². The number of ketones is 3. The number of likely N-dealkylation sites (tertiary alicyclic amines) is 1. The van der Waals surface area contributed by atoms with Crippen molar-refractivity contribution in [3.63, 3.8) is 0 Å². The molecule has 1 aliphatic heterocycles. The number of anilines is 1. The number of carbonyl (C=O) groups is 3. The SMILES string of the molecule is CCC(=O)CCC(C)C(C)=O.CCc1c(C(=O)C(C)C)ccc(-c2ccc(CN3CCC(c4ncc(C#N)cn4)CC3)c(N)n2)c1P. The Morgan fingerprint density at radius 3 is 2.26 bits per heavy atom. The highest BCUT2D eigenvalue weighted by Crippen LogP contribution is 2.29. The van der Waals surface area contributed by atoms with Crippen molar-refractivity contribution in [2.45, 2.75) is 92.5 Å². The van der Waals surface area contributed by atoms with E-state index in [1.807, 2.05) is 45.9 Å². The summed E-state index contributed by atoms with van der Waals surface area (Å²) in [5.74, 6) is 2.26. The van der Waals surface area contributed by atoms with Gasteiger partial charge in [-0.25, -0.2) is 15.0 Å². The van der Waals surface area contributed by atoms with E-state index < -0.39 is 0 Å². The highest BCUT2D eigenvalue weighted by atomic mass is 31.0. The summed E-state index contributed by atoms with van der Waals surface area (Å²) in [6, 6.07) is 10.1.